The number of hydrogen-bond acceptors (Lipinski definition) is 4. The molecule has 1 aliphatic rings. The Kier molecular flexibility index (Phi) is 6.79. The first-order chi connectivity index (χ1) is 17.0. The van der Waals surface area contributed by atoms with Crippen molar-refractivity contribution in [2.75, 3.05) is 17.3 Å². The molecular weight excluding hydrogens is 572 g/mol. The second-order valence-corrected chi connectivity index (χ2v) is 9.90. The minimum absolute atomic E-state index is 0.0903. The predicted octanol–water partition coefficient (Wildman–Crippen LogP) is 7.57. The van der Waals surface area contributed by atoms with Crippen LogP contribution < -0.4 is 19.7 Å². The van der Waals surface area contributed by atoms with Crippen LogP contribution >= 0.6 is 31.9 Å². The SMILES string of the molecule is COc1ccc(OCc2cccc(Br)c2)c([C@H]2Nc3ccccc3C(=O)N2c2ccc(Br)cc2)c1. The van der Waals surface area contributed by atoms with Gasteiger partial charge in [-0.05, 0) is 72.3 Å². The number of para-hydroxylation sites is 1. The molecule has 4 aromatic rings. The van der Waals surface area contributed by atoms with Crippen LogP contribution in [0.25, 0.3) is 0 Å². The van der Waals surface area contributed by atoms with Crippen LogP contribution in [0.1, 0.15) is 27.7 Å². The van der Waals surface area contributed by atoms with Crippen molar-refractivity contribution in [1.82, 2.24) is 0 Å². The Labute approximate surface area is 220 Å². The molecule has 1 aliphatic heterocycles. The molecule has 0 saturated heterocycles. The minimum atomic E-state index is -0.508. The van der Waals surface area contributed by atoms with Crippen LogP contribution in [0, 0.1) is 0 Å². The fourth-order valence-electron chi connectivity index (χ4n) is 4.13. The van der Waals surface area contributed by atoms with Crippen LogP contribution in [0.4, 0.5) is 11.4 Å². The lowest BCUT2D eigenvalue weighted by Crippen LogP contribution is -2.43. The summed E-state index contributed by atoms with van der Waals surface area (Å²) in [5, 5.41) is 3.56. The van der Waals surface area contributed by atoms with Gasteiger partial charge in [0, 0.05) is 25.9 Å². The molecule has 1 atom stereocenters. The van der Waals surface area contributed by atoms with Crippen LogP contribution in [-0.4, -0.2) is 13.0 Å². The topological polar surface area (TPSA) is 50.8 Å². The van der Waals surface area contributed by atoms with Crippen LogP contribution in [0.2, 0.25) is 0 Å². The number of rotatable bonds is 6. The van der Waals surface area contributed by atoms with E-state index in [0.29, 0.717) is 23.7 Å². The van der Waals surface area contributed by atoms with Crippen molar-refractivity contribution in [3.05, 3.63) is 117 Å². The Hall–Kier alpha value is -3.29. The van der Waals surface area contributed by atoms with Crippen LogP contribution in [0.15, 0.2) is 99.9 Å². The van der Waals surface area contributed by atoms with Crippen molar-refractivity contribution in [3.63, 3.8) is 0 Å². The molecule has 4 aromatic carbocycles. The highest BCUT2D eigenvalue weighted by molar-refractivity contribution is 9.10. The highest BCUT2D eigenvalue weighted by atomic mass is 79.9. The fraction of sp³-hybridized carbons (Fsp3) is 0.107. The van der Waals surface area contributed by atoms with Gasteiger partial charge in [0.1, 0.15) is 24.3 Å². The summed E-state index contributed by atoms with van der Waals surface area (Å²) in [5.74, 6) is 1.25. The van der Waals surface area contributed by atoms with Crippen molar-refractivity contribution in [2.45, 2.75) is 12.8 Å². The number of carbonyl (C=O) groups is 1. The number of methoxy groups -OCH3 is 1. The van der Waals surface area contributed by atoms with E-state index in [1.54, 1.807) is 12.0 Å². The molecule has 0 bridgehead atoms. The number of nitrogens with one attached hydrogen (secondary N) is 1. The molecule has 0 aliphatic carbocycles. The quantitative estimate of drug-likeness (QED) is 0.250. The highest BCUT2D eigenvalue weighted by Crippen LogP contribution is 2.41. The molecule has 0 fully saturated rings. The lowest BCUT2D eigenvalue weighted by atomic mass is 10.0. The Morgan fingerprint density at radius 3 is 2.46 bits per heavy atom. The van der Waals surface area contributed by atoms with E-state index in [1.807, 2.05) is 91.0 Å². The van der Waals surface area contributed by atoms with Gasteiger partial charge < -0.3 is 14.8 Å². The summed E-state index contributed by atoms with van der Waals surface area (Å²) in [4.78, 5) is 15.5. The molecular formula is C28H22Br2N2O3. The average molecular weight is 594 g/mol. The van der Waals surface area contributed by atoms with Gasteiger partial charge in [-0.1, -0.05) is 56.1 Å². The van der Waals surface area contributed by atoms with Crippen molar-refractivity contribution in [2.24, 2.45) is 0 Å². The Morgan fingerprint density at radius 1 is 0.886 bits per heavy atom. The van der Waals surface area contributed by atoms with Gasteiger partial charge in [0.25, 0.3) is 5.91 Å². The van der Waals surface area contributed by atoms with Crippen LogP contribution in [0.5, 0.6) is 11.5 Å². The maximum absolute atomic E-state index is 13.8. The molecule has 1 N–H and O–H groups in total. The van der Waals surface area contributed by atoms with Crippen molar-refractivity contribution >= 4 is 49.1 Å². The first kappa shape index (κ1) is 23.5. The number of fused-ring (bicyclic) bond motifs is 1. The summed E-state index contributed by atoms with van der Waals surface area (Å²) in [5.41, 5.74) is 3.99. The molecule has 0 unspecified atom stereocenters. The molecule has 0 spiro atoms. The van der Waals surface area contributed by atoms with Crippen molar-refractivity contribution in [3.8, 4) is 11.5 Å². The zero-order valence-corrected chi connectivity index (χ0v) is 22.0. The molecule has 0 saturated carbocycles. The molecule has 0 radical (unpaired) electrons. The second-order valence-electron chi connectivity index (χ2n) is 8.07. The van der Waals surface area contributed by atoms with E-state index < -0.39 is 6.17 Å². The van der Waals surface area contributed by atoms with Gasteiger partial charge in [0.05, 0.1) is 12.7 Å². The predicted molar refractivity (Wildman–Crippen MR) is 145 cm³/mol. The number of ether oxygens (including phenoxy) is 2. The molecule has 1 amide bonds. The zero-order valence-electron chi connectivity index (χ0n) is 18.9. The van der Waals surface area contributed by atoms with E-state index >= 15 is 0 Å². The lowest BCUT2D eigenvalue weighted by Gasteiger charge is -2.38. The molecule has 0 aromatic heterocycles. The van der Waals surface area contributed by atoms with E-state index in [-0.39, 0.29) is 5.91 Å². The lowest BCUT2D eigenvalue weighted by molar-refractivity contribution is 0.0974. The van der Waals surface area contributed by atoms with E-state index in [4.69, 9.17) is 9.47 Å². The van der Waals surface area contributed by atoms with Gasteiger partial charge >= 0.3 is 0 Å². The van der Waals surface area contributed by atoms with Gasteiger partial charge in [-0.15, -0.1) is 0 Å². The second kappa shape index (κ2) is 10.1. The first-order valence-electron chi connectivity index (χ1n) is 11.0. The standard InChI is InChI=1S/C28H22Br2N2O3/c1-34-22-13-14-26(35-17-18-5-4-6-20(30)15-18)24(16-22)27-31-25-8-3-2-7-23(25)28(33)32(27)21-11-9-19(29)10-12-21/h2-16,27,31H,17H2,1H3/t27-/m0/s1. The largest absolute Gasteiger partial charge is 0.497 e. The zero-order chi connectivity index (χ0) is 24.4. The Balaban J connectivity index is 1.59. The molecule has 5 nitrogen and oxygen atoms in total. The third-order valence-corrected chi connectivity index (χ3v) is 6.85. The normalized spacial score (nSPS) is 14.8. The van der Waals surface area contributed by atoms with E-state index in [1.165, 1.54) is 0 Å². The highest BCUT2D eigenvalue weighted by Gasteiger charge is 2.35. The summed E-state index contributed by atoms with van der Waals surface area (Å²) in [6.07, 6.45) is -0.508. The summed E-state index contributed by atoms with van der Waals surface area (Å²) in [6, 6.07) is 28.9. The number of hydrogen-bond donors (Lipinski definition) is 1. The van der Waals surface area contributed by atoms with Gasteiger partial charge in [-0.3, -0.25) is 9.69 Å². The molecule has 176 valence electrons. The van der Waals surface area contributed by atoms with Gasteiger partial charge in [0.2, 0.25) is 0 Å². The van der Waals surface area contributed by atoms with E-state index in [9.17, 15) is 4.79 Å². The first-order valence-corrected chi connectivity index (χ1v) is 12.6. The number of nitrogens with zero attached hydrogens (tertiary/aromatic N) is 1. The van der Waals surface area contributed by atoms with Gasteiger partial charge in [-0.25, -0.2) is 0 Å². The smallest absolute Gasteiger partial charge is 0.262 e. The van der Waals surface area contributed by atoms with Crippen molar-refractivity contribution < 1.29 is 14.3 Å². The third-order valence-electron chi connectivity index (χ3n) is 5.83. The number of halogens is 2. The molecule has 35 heavy (non-hydrogen) atoms. The molecule has 1 heterocycles. The van der Waals surface area contributed by atoms with Crippen molar-refractivity contribution in [1.29, 1.82) is 0 Å². The summed E-state index contributed by atoms with van der Waals surface area (Å²) < 4.78 is 13.8. The number of anilines is 2. The summed E-state index contributed by atoms with van der Waals surface area (Å²) in [6.45, 7) is 0.383. The maximum atomic E-state index is 13.8. The van der Waals surface area contributed by atoms with Gasteiger partial charge in [0.15, 0.2) is 0 Å². The molecule has 7 heteroatoms. The number of benzene rings is 4. The minimum Gasteiger partial charge on any atom is -0.497 e. The van der Waals surface area contributed by atoms with E-state index in [2.05, 4.69) is 37.2 Å². The monoisotopic (exact) mass is 592 g/mol. The Bertz CT molecular complexity index is 1370. The average Bonchev–Trinajstić information content (AvgIpc) is 2.88. The van der Waals surface area contributed by atoms with Gasteiger partial charge in [-0.2, -0.15) is 0 Å². The Morgan fingerprint density at radius 2 is 1.69 bits per heavy atom. The molecule has 5 rings (SSSR count). The summed E-state index contributed by atoms with van der Waals surface area (Å²) in [7, 11) is 1.63. The van der Waals surface area contributed by atoms with Crippen LogP contribution in [0.3, 0.4) is 0 Å². The number of carbonyl (C=O) groups excluding carboxylic acids is 1. The summed E-state index contributed by atoms with van der Waals surface area (Å²) >= 11 is 7.01. The van der Waals surface area contributed by atoms with E-state index in [0.717, 1.165) is 31.4 Å². The van der Waals surface area contributed by atoms with Crippen LogP contribution in [-0.2, 0) is 6.61 Å². The maximum Gasteiger partial charge on any atom is 0.262 e. The number of amides is 1. The third kappa shape index (κ3) is 4.92. The fourth-order valence-corrected chi connectivity index (χ4v) is 4.84.